The molecule has 2 atom stereocenters. The lowest BCUT2D eigenvalue weighted by molar-refractivity contribution is -0.137. The number of imidazole rings is 2. The normalized spacial score (nSPS) is 19.7. The molecule has 1 amide bonds. The number of amides is 1. The summed E-state index contributed by atoms with van der Waals surface area (Å²) in [4.78, 5) is 38.0. The van der Waals surface area contributed by atoms with E-state index in [2.05, 4.69) is 15.3 Å². The van der Waals surface area contributed by atoms with Crippen molar-refractivity contribution in [2.24, 2.45) is 18.9 Å². The van der Waals surface area contributed by atoms with Crippen LogP contribution in [0.5, 0.6) is 0 Å². The highest BCUT2D eigenvalue weighted by Gasteiger charge is 2.44. The van der Waals surface area contributed by atoms with Gasteiger partial charge in [0.25, 0.3) is 6.08 Å². The highest BCUT2D eigenvalue weighted by atomic mass is 19.4. The minimum absolute atomic E-state index is 0.0518. The van der Waals surface area contributed by atoms with E-state index in [-0.39, 0.29) is 59.0 Å². The third-order valence-electron chi connectivity index (χ3n) is 11.3. The highest BCUT2D eigenvalue weighted by Crippen LogP contribution is 2.49. The molecule has 4 aromatic heterocycles. The Bertz CT molecular complexity index is 2500. The molecule has 6 aromatic rings. The molecule has 16 heteroatoms. The maximum absolute atomic E-state index is 16.0. The lowest BCUT2D eigenvalue weighted by Gasteiger charge is -2.39. The highest BCUT2D eigenvalue weighted by molar-refractivity contribution is 6.11. The lowest BCUT2D eigenvalue weighted by Crippen LogP contribution is -2.53. The molecule has 1 saturated carbocycles. The number of alkyl halides is 3. The lowest BCUT2D eigenvalue weighted by atomic mass is 9.91. The molecule has 10 nitrogen and oxygen atoms in total. The second-order valence-corrected chi connectivity index (χ2v) is 14.4. The minimum atomic E-state index is -4.72. The number of benzene rings is 2. The van der Waals surface area contributed by atoms with Crippen LogP contribution in [-0.4, -0.2) is 68.0 Å². The van der Waals surface area contributed by atoms with E-state index in [0.29, 0.717) is 53.6 Å². The van der Waals surface area contributed by atoms with Crippen molar-refractivity contribution >= 4 is 39.7 Å². The number of rotatable bonds is 4. The minimum Gasteiger partial charge on any atom is -0.372 e. The van der Waals surface area contributed by atoms with E-state index in [0.717, 1.165) is 22.8 Å². The molecule has 2 unspecified atom stereocenters. The first kappa shape index (κ1) is 34.0. The number of hydrogen-bond donors (Lipinski definition) is 1. The van der Waals surface area contributed by atoms with E-state index in [9.17, 15) is 27.2 Å². The zero-order valence-electron chi connectivity index (χ0n) is 29.0. The second-order valence-electron chi connectivity index (χ2n) is 14.4. The Hall–Kier alpha value is -5.80. The molecule has 0 radical (unpaired) electrons. The number of aryl methyl sites for hydroxylation is 1. The molecule has 2 aromatic carbocycles. The van der Waals surface area contributed by atoms with Crippen LogP contribution < -0.4 is 15.1 Å². The zero-order chi connectivity index (χ0) is 37.8. The summed E-state index contributed by atoms with van der Waals surface area (Å²) >= 11 is 0. The van der Waals surface area contributed by atoms with E-state index in [1.165, 1.54) is 23.1 Å². The van der Waals surface area contributed by atoms with Gasteiger partial charge in [-0.15, -0.1) is 0 Å². The van der Waals surface area contributed by atoms with Crippen LogP contribution in [0.2, 0.25) is 0 Å². The molecule has 1 saturated heterocycles. The van der Waals surface area contributed by atoms with E-state index in [4.69, 9.17) is 0 Å². The summed E-state index contributed by atoms with van der Waals surface area (Å²) in [7, 11) is 3.34. The average molecular weight is 747 g/mol. The van der Waals surface area contributed by atoms with Gasteiger partial charge in [0, 0.05) is 75.1 Å². The van der Waals surface area contributed by atoms with Crippen molar-refractivity contribution in [3.8, 4) is 11.1 Å². The van der Waals surface area contributed by atoms with E-state index < -0.39 is 41.3 Å². The Balaban J connectivity index is 1.06. The molecule has 9 rings (SSSR count). The number of nitrogens with zero attached hydrogens (tertiary/aromatic N) is 7. The molecular formula is C38H32F6N8O2. The van der Waals surface area contributed by atoms with Gasteiger partial charge in [-0.3, -0.25) is 4.79 Å². The predicted octanol–water partition coefficient (Wildman–Crippen LogP) is 6.82. The topological polar surface area (TPSA) is 92.7 Å². The summed E-state index contributed by atoms with van der Waals surface area (Å²) in [5, 5.41) is 2.85. The van der Waals surface area contributed by atoms with Gasteiger partial charge in [-0.1, -0.05) is 6.07 Å². The van der Waals surface area contributed by atoms with Gasteiger partial charge in [0.05, 0.1) is 34.3 Å². The van der Waals surface area contributed by atoms with Crippen molar-refractivity contribution in [3.05, 3.63) is 101 Å². The average Bonchev–Trinajstić information content (AvgIpc) is 3.88. The molecule has 278 valence electrons. The summed E-state index contributed by atoms with van der Waals surface area (Å²) in [6.07, 6.45) is 1.51. The molecule has 2 fully saturated rings. The van der Waals surface area contributed by atoms with Crippen LogP contribution in [0.4, 0.5) is 42.5 Å². The summed E-state index contributed by atoms with van der Waals surface area (Å²) < 4.78 is 94.1. The first-order valence-electron chi connectivity index (χ1n) is 17.5. The molecule has 2 bridgehead atoms. The molecule has 6 heterocycles. The number of ketones is 1. The fraction of sp³-hybridized carbons (Fsp3) is 0.316. The molecule has 1 N–H and O–H groups in total. The largest absolute Gasteiger partial charge is 0.417 e. The van der Waals surface area contributed by atoms with E-state index in [1.54, 1.807) is 52.9 Å². The van der Waals surface area contributed by atoms with Gasteiger partial charge in [-0.05, 0) is 67.0 Å². The second kappa shape index (κ2) is 12.1. The number of carbonyl (C=O) groups is 2. The smallest absolute Gasteiger partial charge is 0.372 e. The number of carbonyl (C=O) groups excluding carboxylic acids is 2. The fourth-order valence-corrected chi connectivity index (χ4v) is 8.86. The van der Waals surface area contributed by atoms with Crippen LogP contribution in [0.1, 0.15) is 40.0 Å². The monoisotopic (exact) mass is 746 g/mol. The van der Waals surface area contributed by atoms with Gasteiger partial charge in [-0.2, -0.15) is 17.6 Å². The molecule has 3 aliphatic rings. The van der Waals surface area contributed by atoms with Crippen LogP contribution >= 0.6 is 0 Å². The summed E-state index contributed by atoms with van der Waals surface area (Å²) in [5.74, 6) is -2.89. The quantitative estimate of drug-likeness (QED) is 0.157. The number of fused-ring (bicyclic) bond motifs is 6. The Kier molecular flexibility index (Phi) is 7.63. The maximum atomic E-state index is 16.0. The zero-order valence-corrected chi connectivity index (χ0v) is 29.0. The number of pyridine rings is 1. The van der Waals surface area contributed by atoms with Gasteiger partial charge in [0.15, 0.2) is 0 Å². The van der Waals surface area contributed by atoms with E-state index in [1.807, 2.05) is 0 Å². The summed E-state index contributed by atoms with van der Waals surface area (Å²) in [6.45, 7) is 0.763. The Morgan fingerprint density at radius 1 is 0.926 bits per heavy atom. The standard InChI is InChI=1S/C38H32F6N8O2/c1-48-10-7-19-14-28(51-9-3-4-23(32(19)51)29-24(38(42,43)44)15-27-31(34(29)48)46-18-49(27)2)35(53)22-12-25(39)33(26(40)13-22)50-16-20-5-6-21(17-50)30(20)47-37(54)52-11-8-45-36(52)41/h3-4,8-9,11-15,18,20-21,30H,5-7,10,16-17H2,1-2H3,(H,47,54). The first-order valence-corrected chi connectivity index (χ1v) is 17.5. The van der Waals surface area contributed by atoms with Crippen LogP contribution in [0.25, 0.3) is 27.7 Å². The Labute approximate surface area is 303 Å². The fourth-order valence-electron chi connectivity index (χ4n) is 8.86. The van der Waals surface area contributed by atoms with Gasteiger partial charge in [0.1, 0.15) is 22.8 Å². The third kappa shape index (κ3) is 5.16. The van der Waals surface area contributed by atoms with Crippen molar-refractivity contribution in [3.63, 3.8) is 0 Å². The number of hydrogen-bond acceptors (Lipinski definition) is 6. The first-order chi connectivity index (χ1) is 25.8. The molecule has 0 spiro atoms. The molecule has 2 aliphatic heterocycles. The van der Waals surface area contributed by atoms with Crippen LogP contribution in [0, 0.1) is 29.5 Å². The van der Waals surface area contributed by atoms with Gasteiger partial charge < -0.3 is 24.1 Å². The summed E-state index contributed by atoms with van der Waals surface area (Å²) in [6, 6.07) is 6.79. The van der Waals surface area contributed by atoms with Crippen molar-refractivity contribution in [2.75, 3.05) is 36.5 Å². The third-order valence-corrected chi connectivity index (χ3v) is 11.3. The van der Waals surface area contributed by atoms with Crippen LogP contribution in [0.15, 0.2) is 61.3 Å². The van der Waals surface area contributed by atoms with Crippen LogP contribution in [-0.2, 0) is 19.6 Å². The van der Waals surface area contributed by atoms with Crippen molar-refractivity contribution in [2.45, 2.75) is 31.5 Å². The van der Waals surface area contributed by atoms with Gasteiger partial charge in [-0.25, -0.2) is 28.1 Å². The summed E-state index contributed by atoms with van der Waals surface area (Å²) in [5.41, 5.74) is 0.920. The number of anilines is 2. The molecular weight excluding hydrogens is 714 g/mol. The predicted molar refractivity (Wildman–Crippen MR) is 187 cm³/mol. The van der Waals surface area contributed by atoms with E-state index >= 15 is 8.78 Å². The number of halogens is 6. The number of piperidine rings is 1. The van der Waals surface area contributed by atoms with Crippen LogP contribution in [0.3, 0.4) is 0 Å². The Morgan fingerprint density at radius 3 is 2.31 bits per heavy atom. The van der Waals surface area contributed by atoms with Crippen molar-refractivity contribution in [1.29, 1.82) is 0 Å². The Morgan fingerprint density at radius 2 is 1.65 bits per heavy atom. The molecule has 54 heavy (non-hydrogen) atoms. The number of aromatic nitrogens is 5. The number of nitrogens with one attached hydrogen (secondary N) is 1. The molecule has 1 aliphatic carbocycles. The van der Waals surface area contributed by atoms with Gasteiger partial charge in [0.2, 0.25) is 5.78 Å². The number of likely N-dealkylation sites (N-methyl/N-ethyl adjacent to an activating group) is 1. The van der Waals surface area contributed by atoms with Crippen molar-refractivity contribution in [1.82, 2.24) is 28.8 Å². The van der Waals surface area contributed by atoms with Crippen molar-refractivity contribution < 1.29 is 35.9 Å². The SMILES string of the molecule is CN1CCc2cc(C(=O)c3cc(F)c(N4CC5CCC(C4)C5NC(=O)n4ccnc4F)c(F)c3)n3cccc(c23)-c2c(C(F)(F)F)cc3c(ncn3C)c21. The maximum Gasteiger partial charge on any atom is 0.417 e. The van der Waals surface area contributed by atoms with Gasteiger partial charge >= 0.3 is 12.2 Å².